The lowest BCUT2D eigenvalue weighted by atomic mass is 9.73. The lowest BCUT2D eigenvalue weighted by Gasteiger charge is -2.41. The number of piperidine rings is 1. The van der Waals surface area contributed by atoms with Crippen LogP contribution in [-0.2, 0) is 29.8 Å². The number of fused-ring (bicyclic) bond motifs is 1. The Morgan fingerprint density at radius 2 is 1.75 bits per heavy atom. The van der Waals surface area contributed by atoms with Gasteiger partial charge in [-0.15, -0.1) is 0 Å². The van der Waals surface area contributed by atoms with Crippen molar-refractivity contribution in [1.82, 2.24) is 14.7 Å². The first-order valence-electron chi connectivity index (χ1n) is 10.7. The smallest absolute Gasteiger partial charge is 0.380 e. The number of ether oxygens (including phenoxy) is 1. The van der Waals surface area contributed by atoms with Crippen molar-refractivity contribution in [3.63, 3.8) is 0 Å². The molecule has 0 unspecified atom stereocenters. The predicted octanol–water partition coefficient (Wildman–Crippen LogP) is 4.95. The summed E-state index contributed by atoms with van der Waals surface area (Å²) in [5.41, 5.74) is 1.23. The van der Waals surface area contributed by atoms with Crippen molar-refractivity contribution in [3.8, 4) is 0 Å². The molecule has 1 aliphatic rings. The maximum atomic E-state index is 13.5. The predicted molar refractivity (Wildman–Crippen MR) is 115 cm³/mol. The SMILES string of the molecule is CN1CCC(COCCc2cc(C(F)(F)F)cc3cn(C)nc23)(c2ccc(F)cc2)CC1. The van der Waals surface area contributed by atoms with Gasteiger partial charge < -0.3 is 9.64 Å². The molecular formula is C24H27F4N3O. The molecule has 0 atom stereocenters. The Morgan fingerprint density at radius 3 is 2.41 bits per heavy atom. The van der Waals surface area contributed by atoms with E-state index < -0.39 is 11.7 Å². The number of halogens is 4. The monoisotopic (exact) mass is 449 g/mol. The van der Waals surface area contributed by atoms with Crippen molar-refractivity contribution in [3.05, 3.63) is 65.1 Å². The summed E-state index contributed by atoms with van der Waals surface area (Å²) in [4.78, 5) is 2.25. The van der Waals surface area contributed by atoms with Crippen molar-refractivity contribution >= 4 is 10.9 Å². The van der Waals surface area contributed by atoms with Crippen molar-refractivity contribution in [2.45, 2.75) is 30.9 Å². The van der Waals surface area contributed by atoms with E-state index in [2.05, 4.69) is 17.0 Å². The van der Waals surface area contributed by atoms with Gasteiger partial charge in [-0.3, -0.25) is 4.68 Å². The Labute approximate surface area is 184 Å². The average molecular weight is 449 g/mol. The number of aromatic nitrogens is 2. The molecule has 1 aromatic heterocycles. The first-order valence-corrected chi connectivity index (χ1v) is 10.7. The lowest BCUT2D eigenvalue weighted by Crippen LogP contribution is -2.44. The van der Waals surface area contributed by atoms with Gasteiger partial charge in [-0.1, -0.05) is 12.1 Å². The molecule has 4 nitrogen and oxygen atoms in total. The fourth-order valence-corrected chi connectivity index (χ4v) is 4.50. The van der Waals surface area contributed by atoms with Gasteiger partial charge in [0.1, 0.15) is 5.82 Å². The van der Waals surface area contributed by atoms with Crippen LogP contribution in [0.1, 0.15) is 29.5 Å². The normalized spacial score (nSPS) is 17.2. The second kappa shape index (κ2) is 8.83. The van der Waals surface area contributed by atoms with Gasteiger partial charge in [-0.05, 0) is 74.8 Å². The molecular weight excluding hydrogens is 422 g/mol. The standard InChI is InChI=1S/C24H27F4N3O/c1-30-10-8-23(9-11-30,19-3-5-21(25)6-4-19)16-32-12-7-17-13-20(24(26,27)28)14-18-15-31(2)29-22(17)18/h3-6,13-15H,7-12,16H2,1-2H3. The molecule has 1 aliphatic heterocycles. The van der Waals surface area contributed by atoms with Crippen LogP contribution in [0.2, 0.25) is 0 Å². The van der Waals surface area contributed by atoms with Crippen LogP contribution in [0.15, 0.2) is 42.6 Å². The molecule has 0 bridgehead atoms. The Bertz CT molecular complexity index is 1070. The van der Waals surface area contributed by atoms with Crippen LogP contribution in [0.4, 0.5) is 17.6 Å². The van der Waals surface area contributed by atoms with Crippen molar-refractivity contribution < 1.29 is 22.3 Å². The summed E-state index contributed by atoms with van der Waals surface area (Å²) in [7, 11) is 3.77. The van der Waals surface area contributed by atoms with Crippen molar-refractivity contribution in [1.29, 1.82) is 0 Å². The number of hydrogen-bond donors (Lipinski definition) is 0. The molecule has 1 saturated heterocycles. The summed E-state index contributed by atoms with van der Waals surface area (Å²) in [5, 5.41) is 4.80. The van der Waals surface area contributed by atoms with E-state index in [9.17, 15) is 17.6 Å². The molecule has 0 N–H and O–H groups in total. The number of benzene rings is 2. The van der Waals surface area contributed by atoms with Crippen molar-refractivity contribution in [2.75, 3.05) is 33.4 Å². The first kappa shape index (κ1) is 22.7. The van der Waals surface area contributed by atoms with E-state index in [1.165, 1.54) is 22.9 Å². The Morgan fingerprint density at radius 1 is 1.06 bits per heavy atom. The second-order valence-corrected chi connectivity index (χ2v) is 8.77. The highest BCUT2D eigenvalue weighted by atomic mass is 19.4. The topological polar surface area (TPSA) is 30.3 Å². The van der Waals surface area contributed by atoms with Gasteiger partial charge in [0.2, 0.25) is 0 Å². The molecule has 0 aliphatic carbocycles. The first-order chi connectivity index (χ1) is 15.2. The van der Waals surface area contributed by atoms with E-state index in [1.807, 2.05) is 12.1 Å². The summed E-state index contributed by atoms with van der Waals surface area (Å²) < 4.78 is 61.1. The number of alkyl halides is 3. The number of rotatable bonds is 6. The molecule has 0 saturated carbocycles. The number of likely N-dealkylation sites (tertiary alicyclic amines) is 1. The fraction of sp³-hybridized carbons (Fsp3) is 0.458. The average Bonchev–Trinajstić information content (AvgIpc) is 3.13. The quantitative estimate of drug-likeness (QED) is 0.394. The van der Waals surface area contributed by atoms with E-state index in [1.54, 1.807) is 13.2 Å². The highest BCUT2D eigenvalue weighted by Gasteiger charge is 2.36. The highest BCUT2D eigenvalue weighted by molar-refractivity contribution is 5.82. The van der Waals surface area contributed by atoms with Gasteiger partial charge in [0, 0.05) is 24.0 Å². The summed E-state index contributed by atoms with van der Waals surface area (Å²) in [6, 6.07) is 8.87. The maximum Gasteiger partial charge on any atom is 0.416 e. The van der Waals surface area contributed by atoms with Gasteiger partial charge in [0.05, 0.1) is 24.3 Å². The zero-order valence-electron chi connectivity index (χ0n) is 18.3. The lowest BCUT2D eigenvalue weighted by molar-refractivity contribution is -0.137. The second-order valence-electron chi connectivity index (χ2n) is 8.77. The summed E-state index contributed by atoms with van der Waals surface area (Å²) in [5.74, 6) is -0.276. The van der Waals surface area contributed by atoms with Crippen molar-refractivity contribution in [2.24, 2.45) is 7.05 Å². The van der Waals surface area contributed by atoms with Crippen LogP contribution in [-0.4, -0.2) is 48.0 Å². The van der Waals surface area contributed by atoms with Crippen LogP contribution in [0.25, 0.3) is 10.9 Å². The third kappa shape index (κ3) is 4.81. The van der Waals surface area contributed by atoms with Gasteiger partial charge in [-0.2, -0.15) is 18.3 Å². The number of aryl methyl sites for hydroxylation is 1. The van der Waals surface area contributed by atoms with Crippen LogP contribution in [0.5, 0.6) is 0 Å². The van der Waals surface area contributed by atoms with Crippen LogP contribution in [0, 0.1) is 5.82 Å². The van der Waals surface area contributed by atoms with Crippen LogP contribution < -0.4 is 0 Å². The minimum Gasteiger partial charge on any atom is -0.380 e. The number of hydrogen-bond acceptors (Lipinski definition) is 3. The van der Waals surface area contributed by atoms with E-state index >= 15 is 0 Å². The van der Waals surface area contributed by atoms with Crippen LogP contribution >= 0.6 is 0 Å². The molecule has 172 valence electrons. The molecule has 2 heterocycles. The fourth-order valence-electron chi connectivity index (χ4n) is 4.50. The van der Waals surface area contributed by atoms with Gasteiger partial charge >= 0.3 is 6.18 Å². The van der Waals surface area contributed by atoms with E-state index in [0.717, 1.165) is 37.6 Å². The summed E-state index contributed by atoms with van der Waals surface area (Å²) in [6.45, 7) is 2.54. The highest BCUT2D eigenvalue weighted by Crippen LogP contribution is 2.36. The van der Waals surface area contributed by atoms with Gasteiger partial charge in [0.15, 0.2) is 0 Å². The largest absolute Gasteiger partial charge is 0.416 e. The zero-order chi connectivity index (χ0) is 22.9. The van der Waals surface area contributed by atoms with Gasteiger partial charge in [0.25, 0.3) is 0 Å². The molecule has 1 fully saturated rings. The summed E-state index contributed by atoms with van der Waals surface area (Å²) in [6.07, 6.45) is -0.736. The molecule has 2 aromatic carbocycles. The van der Waals surface area contributed by atoms with Crippen LogP contribution in [0.3, 0.4) is 0 Å². The molecule has 0 amide bonds. The molecule has 0 spiro atoms. The third-order valence-corrected chi connectivity index (χ3v) is 6.42. The van der Waals surface area contributed by atoms with E-state index in [-0.39, 0.29) is 17.8 Å². The van der Waals surface area contributed by atoms with E-state index in [0.29, 0.717) is 29.5 Å². The molecule has 3 aromatic rings. The molecule has 8 heteroatoms. The molecule has 32 heavy (non-hydrogen) atoms. The molecule has 0 radical (unpaired) electrons. The molecule has 4 rings (SSSR count). The van der Waals surface area contributed by atoms with E-state index in [4.69, 9.17) is 4.74 Å². The zero-order valence-corrected chi connectivity index (χ0v) is 18.3. The third-order valence-electron chi connectivity index (χ3n) is 6.42. The Balaban J connectivity index is 1.50. The van der Waals surface area contributed by atoms with Gasteiger partial charge in [-0.25, -0.2) is 4.39 Å². The maximum absolute atomic E-state index is 13.5. The Hall–Kier alpha value is -2.45. The summed E-state index contributed by atoms with van der Waals surface area (Å²) >= 11 is 0. The minimum absolute atomic E-state index is 0.228. The minimum atomic E-state index is -4.42. The number of nitrogens with zero attached hydrogens (tertiary/aromatic N) is 3. The Kier molecular flexibility index (Phi) is 6.27.